The smallest absolute Gasteiger partial charge is 0.507 e. The maximum atomic E-state index is 10.4. The van der Waals surface area contributed by atoms with Gasteiger partial charge < -0.3 is 10.2 Å². The monoisotopic (exact) mass is 612 g/mol. The summed E-state index contributed by atoms with van der Waals surface area (Å²) in [6.07, 6.45) is 20.3. The summed E-state index contributed by atoms with van der Waals surface area (Å²) >= 11 is 0. The fourth-order valence-electron chi connectivity index (χ4n) is 6.84. The summed E-state index contributed by atoms with van der Waals surface area (Å²) in [5.74, 6) is 10.0. The van der Waals surface area contributed by atoms with E-state index in [2.05, 4.69) is 25.7 Å². The van der Waals surface area contributed by atoms with E-state index in [1.165, 1.54) is 51.4 Å². The van der Waals surface area contributed by atoms with Crippen molar-refractivity contribution >= 4 is 21.5 Å². The van der Waals surface area contributed by atoms with Crippen molar-refractivity contribution in [3.05, 3.63) is 134 Å². The molecule has 4 aliphatic rings. The van der Waals surface area contributed by atoms with Gasteiger partial charge in [-0.05, 0) is 133 Å². The second kappa shape index (κ2) is 12.6. The summed E-state index contributed by atoms with van der Waals surface area (Å²) < 4.78 is 0. The van der Waals surface area contributed by atoms with Crippen LogP contribution in [0.4, 0.5) is 0 Å². The molecule has 0 amide bonds. The van der Waals surface area contributed by atoms with E-state index in [9.17, 15) is 10.2 Å². The van der Waals surface area contributed by atoms with Crippen molar-refractivity contribution in [1.29, 1.82) is 0 Å². The van der Waals surface area contributed by atoms with E-state index in [0.717, 1.165) is 21.5 Å². The summed E-state index contributed by atoms with van der Waals surface area (Å²) in [6.45, 7) is 0. The fourth-order valence-corrected chi connectivity index (χ4v) is 6.84. The van der Waals surface area contributed by atoms with E-state index in [1.54, 1.807) is 47.6 Å². The molecule has 4 aliphatic carbocycles. The SMILES string of the molecule is Oc1ccc2ccccc2c1-c1c(O)ccc2ccccc12.[CH]1[C](CC[C]2[CH][C]3CCC[C]3[CH]2)[CH][C]2CCC[C]12.[Zr+2]. The van der Waals surface area contributed by atoms with E-state index in [1.807, 2.05) is 60.7 Å². The molecule has 10 radical (unpaired) electrons. The zero-order valence-electron chi connectivity index (χ0n) is 23.3. The molecular weight excluding hydrogens is 580 g/mol. The number of phenolic OH excluding ortho intramolecular Hbond substituents is 2. The van der Waals surface area contributed by atoms with Gasteiger partial charge in [-0.15, -0.1) is 0 Å². The first-order chi connectivity index (χ1) is 19.6. The largest absolute Gasteiger partial charge is 2.00 e. The minimum Gasteiger partial charge on any atom is -0.507 e. The van der Waals surface area contributed by atoms with Gasteiger partial charge in [0.2, 0.25) is 0 Å². The molecule has 0 aromatic heterocycles. The molecule has 0 aliphatic heterocycles. The Kier molecular flexibility index (Phi) is 8.92. The van der Waals surface area contributed by atoms with E-state index >= 15 is 0 Å². The third-order valence-corrected chi connectivity index (χ3v) is 8.81. The maximum Gasteiger partial charge on any atom is 2.00 e. The van der Waals surface area contributed by atoms with Gasteiger partial charge in [-0.2, -0.15) is 0 Å². The topological polar surface area (TPSA) is 40.5 Å². The van der Waals surface area contributed by atoms with Crippen molar-refractivity contribution in [1.82, 2.24) is 0 Å². The first-order valence-electron chi connectivity index (χ1n) is 14.6. The van der Waals surface area contributed by atoms with Crippen LogP contribution >= 0.6 is 0 Å². The van der Waals surface area contributed by atoms with Crippen LogP contribution in [-0.4, -0.2) is 10.2 Å². The quantitative estimate of drug-likeness (QED) is 0.241. The van der Waals surface area contributed by atoms with Crippen LogP contribution < -0.4 is 0 Å². The molecule has 4 aromatic rings. The van der Waals surface area contributed by atoms with Crippen molar-refractivity contribution in [3.63, 3.8) is 0 Å². The minimum atomic E-state index is 0. The van der Waals surface area contributed by atoms with Gasteiger partial charge in [0.1, 0.15) is 11.5 Å². The van der Waals surface area contributed by atoms with Crippen LogP contribution in [0.2, 0.25) is 0 Å². The Labute approximate surface area is 264 Å². The number of hydrogen-bond donors (Lipinski definition) is 2. The first kappa shape index (κ1) is 29.0. The van der Waals surface area contributed by atoms with Crippen LogP contribution in [-0.2, 0) is 26.2 Å². The van der Waals surface area contributed by atoms with Gasteiger partial charge in [0.15, 0.2) is 0 Å². The minimum absolute atomic E-state index is 0. The molecule has 0 unspecified atom stereocenters. The molecule has 200 valence electrons. The molecule has 0 bridgehead atoms. The van der Waals surface area contributed by atoms with Crippen LogP contribution in [0.3, 0.4) is 0 Å². The molecule has 2 N–H and O–H groups in total. The summed E-state index contributed by atoms with van der Waals surface area (Å²) in [5, 5.41) is 24.8. The number of aromatic hydroxyl groups is 2. The molecule has 41 heavy (non-hydrogen) atoms. The van der Waals surface area contributed by atoms with Crippen molar-refractivity contribution in [2.24, 2.45) is 0 Å². The molecule has 8 rings (SSSR count). The van der Waals surface area contributed by atoms with Crippen molar-refractivity contribution in [3.8, 4) is 22.6 Å². The molecule has 3 heteroatoms. The fraction of sp³-hybridized carbons (Fsp3) is 0.211. The first-order valence-corrected chi connectivity index (χ1v) is 14.6. The summed E-state index contributed by atoms with van der Waals surface area (Å²) in [7, 11) is 0. The van der Waals surface area contributed by atoms with Gasteiger partial charge in [-0.1, -0.05) is 73.5 Å². The van der Waals surface area contributed by atoms with E-state index in [-0.39, 0.29) is 37.7 Å². The van der Waals surface area contributed by atoms with Gasteiger partial charge in [0.25, 0.3) is 0 Å². The number of benzene rings is 4. The van der Waals surface area contributed by atoms with Crippen molar-refractivity contribution in [2.45, 2.75) is 51.4 Å². The number of fused-ring (bicyclic) bond motifs is 4. The van der Waals surface area contributed by atoms with Crippen molar-refractivity contribution < 1.29 is 36.4 Å². The van der Waals surface area contributed by atoms with Gasteiger partial charge >= 0.3 is 26.2 Å². The van der Waals surface area contributed by atoms with Gasteiger partial charge in [0, 0.05) is 11.1 Å². The Hall–Kier alpha value is -2.12. The Balaban J connectivity index is 0.000000146. The third kappa shape index (κ3) is 5.91. The van der Waals surface area contributed by atoms with Crippen LogP contribution in [0.15, 0.2) is 72.8 Å². The average Bonchev–Trinajstić information content (AvgIpc) is 3.75. The average molecular weight is 614 g/mol. The van der Waals surface area contributed by atoms with Gasteiger partial charge in [0.05, 0.1) is 0 Å². The van der Waals surface area contributed by atoms with Crippen LogP contribution in [0.1, 0.15) is 51.4 Å². The standard InChI is InChI=1S/C20H14O2.C18H20.Zr/c21-17-11-9-13-5-1-3-7-15(13)19(17)20-16-8-4-2-6-14(16)10-12-18(20)22;1-3-15-9-13(10-16(15)4-1)7-8-14-11-17-5-2-6-18(17)12-14;/h1-12,21-22H;9-12H,1-8H2;/q;;+2. The number of rotatable bonds is 4. The predicted molar refractivity (Wildman–Crippen MR) is 164 cm³/mol. The van der Waals surface area contributed by atoms with Crippen LogP contribution in [0, 0.1) is 61.2 Å². The number of hydrogen-bond acceptors (Lipinski definition) is 2. The Bertz CT molecular complexity index is 1360. The normalized spacial score (nSPS) is 20.3. The van der Waals surface area contributed by atoms with Gasteiger partial charge in [-0.25, -0.2) is 0 Å². The molecular formula is C38H34O2Zr+2. The molecule has 4 fully saturated rings. The van der Waals surface area contributed by atoms with Crippen LogP contribution in [0.25, 0.3) is 32.7 Å². The maximum absolute atomic E-state index is 10.4. The number of phenols is 2. The molecule has 0 spiro atoms. The van der Waals surface area contributed by atoms with E-state index in [4.69, 9.17) is 0 Å². The summed E-state index contributed by atoms with van der Waals surface area (Å²) in [4.78, 5) is 0. The summed E-state index contributed by atoms with van der Waals surface area (Å²) in [5.41, 5.74) is 1.35. The van der Waals surface area contributed by atoms with E-state index in [0.29, 0.717) is 11.1 Å². The van der Waals surface area contributed by atoms with E-state index < -0.39 is 0 Å². The zero-order valence-corrected chi connectivity index (χ0v) is 25.7. The molecule has 0 saturated heterocycles. The molecule has 4 saturated carbocycles. The Morgan fingerprint density at radius 1 is 0.463 bits per heavy atom. The molecule has 4 aromatic carbocycles. The second-order valence-corrected chi connectivity index (χ2v) is 11.4. The van der Waals surface area contributed by atoms with Crippen molar-refractivity contribution in [2.75, 3.05) is 0 Å². The molecule has 0 heterocycles. The Morgan fingerprint density at radius 3 is 1.22 bits per heavy atom. The molecule has 0 atom stereocenters. The van der Waals surface area contributed by atoms with Crippen LogP contribution in [0.5, 0.6) is 11.5 Å². The third-order valence-electron chi connectivity index (χ3n) is 8.81. The zero-order chi connectivity index (χ0) is 27.1. The predicted octanol–water partition coefficient (Wildman–Crippen LogP) is 9.49. The Morgan fingerprint density at radius 2 is 0.829 bits per heavy atom. The van der Waals surface area contributed by atoms with Gasteiger partial charge in [-0.3, -0.25) is 0 Å². The summed E-state index contributed by atoms with van der Waals surface area (Å²) in [6, 6.07) is 22.9. The molecule has 2 nitrogen and oxygen atoms in total. The second-order valence-electron chi connectivity index (χ2n) is 11.4.